The van der Waals surface area contributed by atoms with Gasteiger partial charge in [-0.15, -0.1) is 5.10 Å². The molecule has 0 unspecified atom stereocenters. The van der Waals surface area contributed by atoms with Crippen molar-refractivity contribution < 1.29 is 9.53 Å². The molecule has 0 aliphatic rings. The van der Waals surface area contributed by atoms with Crippen LogP contribution in [0, 0.1) is 13.8 Å². The van der Waals surface area contributed by atoms with Gasteiger partial charge < -0.3 is 10.1 Å². The number of carbonyl (C=O) groups is 1. The molecule has 1 heterocycles. The van der Waals surface area contributed by atoms with Gasteiger partial charge in [0.1, 0.15) is 5.75 Å². The quantitative estimate of drug-likeness (QED) is 0.454. The molecule has 1 N–H and O–H groups in total. The highest BCUT2D eigenvalue weighted by atomic mass is 35.5. The number of methoxy groups -OCH3 is 1. The number of nitrogens with zero attached hydrogens (tertiary/aromatic N) is 3. The van der Waals surface area contributed by atoms with Crippen molar-refractivity contribution in [1.29, 1.82) is 0 Å². The van der Waals surface area contributed by atoms with Crippen LogP contribution < -0.4 is 10.1 Å². The van der Waals surface area contributed by atoms with Crippen LogP contribution in [0.5, 0.6) is 5.75 Å². The molecule has 0 bridgehead atoms. The molecule has 0 atom stereocenters. The number of benzene rings is 3. The Morgan fingerprint density at radius 1 is 0.968 bits per heavy atom. The summed E-state index contributed by atoms with van der Waals surface area (Å²) in [5.41, 5.74) is 4.49. The summed E-state index contributed by atoms with van der Waals surface area (Å²) in [7, 11) is 1.61. The number of anilines is 1. The van der Waals surface area contributed by atoms with Gasteiger partial charge in [-0.05, 0) is 85.6 Å². The van der Waals surface area contributed by atoms with Crippen LogP contribution in [-0.2, 0) is 0 Å². The van der Waals surface area contributed by atoms with Gasteiger partial charge in [-0.1, -0.05) is 17.7 Å². The third-order valence-corrected chi connectivity index (χ3v) is 5.25. The van der Waals surface area contributed by atoms with E-state index in [-0.39, 0.29) is 11.7 Å². The standard InChI is InChI=1S/C24H21ClN4O2/c1-15-4-9-19(14-16(15)2)26-24(30)22-27-23(17-5-7-18(25)8-6-17)29(28-22)20-10-12-21(31-3)13-11-20/h4-14H,1-3H3,(H,26,30). The van der Waals surface area contributed by atoms with Crippen LogP contribution in [-0.4, -0.2) is 27.8 Å². The fourth-order valence-corrected chi connectivity index (χ4v) is 3.23. The lowest BCUT2D eigenvalue weighted by Crippen LogP contribution is -2.14. The Hall–Kier alpha value is -3.64. The molecule has 6 nitrogen and oxygen atoms in total. The first-order valence-electron chi connectivity index (χ1n) is 9.70. The summed E-state index contributed by atoms with van der Waals surface area (Å²) in [6.45, 7) is 4.03. The summed E-state index contributed by atoms with van der Waals surface area (Å²) in [6.07, 6.45) is 0. The fourth-order valence-electron chi connectivity index (χ4n) is 3.10. The molecule has 0 fully saturated rings. The second kappa shape index (κ2) is 8.62. The van der Waals surface area contributed by atoms with Crippen molar-refractivity contribution in [3.63, 3.8) is 0 Å². The van der Waals surface area contributed by atoms with Gasteiger partial charge in [0.2, 0.25) is 5.82 Å². The van der Waals surface area contributed by atoms with Gasteiger partial charge in [-0.25, -0.2) is 9.67 Å². The average Bonchev–Trinajstić information content (AvgIpc) is 3.22. The molecule has 4 aromatic rings. The zero-order chi connectivity index (χ0) is 22.0. The molecule has 4 rings (SSSR count). The number of rotatable bonds is 5. The number of aromatic nitrogens is 3. The van der Waals surface area contributed by atoms with Gasteiger partial charge in [0.25, 0.3) is 5.91 Å². The molecule has 7 heteroatoms. The van der Waals surface area contributed by atoms with E-state index in [1.54, 1.807) is 23.9 Å². The first kappa shape index (κ1) is 20.6. The van der Waals surface area contributed by atoms with Crippen molar-refractivity contribution in [2.75, 3.05) is 12.4 Å². The monoisotopic (exact) mass is 432 g/mol. The molecule has 3 aromatic carbocycles. The number of ether oxygens (including phenoxy) is 1. The summed E-state index contributed by atoms with van der Waals surface area (Å²) < 4.78 is 6.87. The van der Waals surface area contributed by atoms with Crippen molar-refractivity contribution in [1.82, 2.24) is 14.8 Å². The molecule has 31 heavy (non-hydrogen) atoms. The van der Waals surface area contributed by atoms with Crippen molar-refractivity contribution >= 4 is 23.2 Å². The Balaban J connectivity index is 1.73. The summed E-state index contributed by atoms with van der Waals surface area (Å²) in [5, 5.41) is 7.99. The van der Waals surface area contributed by atoms with Crippen LogP contribution in [0.1, 0.15) is 21.7 Å². The van der Waals surface area contributed by atoms with Gasteiger partial charge in [-0.3, -0.25) is 4.79 Å². The second-order valence-electron chi connectivity index (χ2n) is 7.13. The molecular formula is C24H21ClN4O2. The van der Waals surface area contributed by atoms with Gasteiger partial charge in [-0.2, -0.15) is 0 Å². The maximum atomic E-state index is 12.9. The molecular weight excluding hydrogens is 412 g/mol. The number of nitrogens with one attached hydrogen (secondary N) is 1. The number of hydrogen-bond donors (Lipinski definition) is 1. The van der Waals surface area contributed by atoms with Crippen LogP contribution in [0.4, 0.5) is 5.69 Å². The third kappa shape index (κ3) is 4.44. The van der Waals surface area contributed by atoms with E-state index in [0.29, 0.717) is 16.5 Å². The molecule has 0 saturated heterocycles. The molecule has 156 valence electrons. The van der Waals surface area contributed by atoms with Crippen LogP contribution in [0.25, 0.3) is 17.1 Å². The van der Waals surface area contributed by atoms with Crippen molar-refractivity contribution in [3.8, 4) is 22.8 Å². The number of amides is 1. The highest BCUT2D eigenvalue weighted by Crippen LogP contribution is 2.25. The molecule has 0 aliphatic carbocycles. The predicted octanol–water partition coefficient (Wildman–Crippen LogP) is 5.47. The number of carbonyl (C=O) groups excluding carboxylic acids is 1. The predicted molar refractivity (Wildman–Crippen MR) is 122 cm³/mol. The van der Waals surface area contributed by atoms with Gasteiger partial charge in [0.05, 0.1) is 12.8 Å². The van der Waals surface area contributed by atoms with E-state index in [2.05, 4.69) is 15.4 Å². The minimum atomic E-state index is -0.384. The lowest BCUT2D eigenvalue weighted by molar-refractivity contribution is 0.101. The summed E-state index contributed by atoms with van der Waals surface area (Å²) in [5.74, 6) is 0.946. The third-order valence-electron chi connectivity index (χ3n) is 4.99. The summed E-state index contributed by atoms with van der Waals surface area (Å²) in [6, 6.07) is 20.4. The minimum absolute atomic E-state index is 0.0685. The normalized spacial score (nSPS) is 10.7. The van der Waals surface area contributed by atoms with Crippen LogP contribution >= 0.6 is 11.6 Å². The summed E-state index contributed by atoms with van der Waals surface area (Å²) in [4.78, 5) is 17.4. The van der Waals surface area contributed by atoms with E-state index < -0.39 is 0 Å². The maximum absolute atomic E-state index is 12.9. The van der Waals surface area contributed by atoms with Crippen LogP contribution in [0.15, 0.2) is 66.7 Å². The molecule has 1 aromatic heterocycles. The van der Waals surface area contributed by atoms with Crippen LogP contribution in [0.3, 0.4) is 0 Å². The SMILES string of the molecule is COc1ccc(-n2nc(C(=O)Nc3ccc(C)c(C)c3)nc2-c2ccc(Cl)cc2)cc1. The minimum Gasteiger partial charge on any atom is -0.497 e. The fraction of sp³-hybridized carbons (Fsp3) is 0.125. The second-order valence-corrected chi connectivity index (χ2v) is 7.57. The van der Waals surface area contributed by atoms with Gasteiger partial charge in [0, 0.05) is 16.3 Å². The number of hydrogen-bond acceptors (Lipinski definition) is 4. The Morgan fingerprint density at radius 3 is 2.32 bits per heavy atom. The zero-order valence-electron chi connectivity index (χ0n) is 17.4. The van der Waals surface area contributed by atoms with Gasteiger partial charge >= 0.3 is 0 Å². The van der Waals surface area contributed by atoms with Crippen LogP contribution in [0.2, 0.25) is 5.02 Å². The molecule has 0 aliphatic heterocycles. The van der Waals surface area contributed by atoms with Crippen molar-refractivity contribution in [2.24, 2.45) is 0 Å². The Bertz CT molecular complexity index is 1230. The van der Waals surface area contributed by atoms with E-state index in [4.69, 9.17) is 16.3 Å². The molecule has 1 amide bonds. The largest absolute Gasteiger partial charge is 0.497 e. The maximum Gasteiger partial charge on any atom is 0.295 e. The van der Waals surface area contributed by atoms with E-state index in [1.807, 2.05) is 68.4 Å². The topological polar surface area (TPSA) is 69.0 Å². The van der Waals surface area contributed by atoms with E-state index >= 15 is 0 Å². The number of aryl methyl sites for hydroxylation is 2. The van der Waals surface area contributed by atoms with Gasteiger partial charge in [0.15, 0.2) is 5.82 Å². The first-order chi connectivity index (χ1) is 14.9. The van der Waals surface area contributed by atoms with E-state index in [0.717, 1.165) is 28.1 Å². The molecule has 0 saturated carbocycles. The zero-order valence-corrected chi connectivity index (χ0v) is 18.1. The highest BCUT2D eigenvalue weighted by molar-refractivity contribution is 6.30. The highest BCUT2D eigenvalue weighted by Gasteiger charge is 2.19. The smallest absolute Gasteiger partial charge is 0.295 e. The Labute approximate surface area is 185 Å². The molecule has 0 radical (unpaired) electrons. The number of halogens is 1. The Morgan fingerprint density at radius 2 is 1.68 bits per heavy atom. The van der Waals surface area contributed by atoms with E-state index in [9.17, 15) is 4.79 Å². The Kier molecular flexibility index (Phi) is 5.73. The van der Waals surface area contributed by atoms with Crippen molar-refractivity contribution in [3.05, 3.63) is 88.7 Å². The lowest BCUT2D eigenvalue weighted by atomic mass is 10.1. The van der Waals surface area contributed by atoms with E-state index in [1.165, 1.54) is 0 Å². The van der Waals surface area contributed by atoms with Crippen molar-refractivity contribution in [2.45, 2.75) is 13.8 Å². The summed E-state index contributed by atoms with van der Waals surface area (Å²) >= 11 is 6.04. The first-order valence-corrected chi connectivity index (χ1v) is 10.1. The molecule has 0 spiro atoms. The lowest BCUT2D eigenvalue weighted by Gasteiger charge is -2.07. The average molecular weight is 433 g/mol.